The first-order valence-electron chi connectivity index (χ1n) is 5.97. The molecule has 18 heavy (non-hydrogen) atoms. The van der Waals surface area contributed by atoms with E-state index in [0.29, 0.717) is 17.4 Å². The largest absolute Gasteiger partial charge is 0.370 e. The number of fused-ring (bicyclic) bond motifs is 1. The van der Waals surface area contributed by atoms with Gasteiger partial charge in [-0.25, -0.2) is 19.3 Å². The summed E-state index contributed by atoms with van der Waals surface area (Å²) >= 11 is 5.61. The number of nitrogens with one attached hydrogen (secondary N) is 2. The van der Waals surface area contributed by atoms with Gasteiger partial charge in [-0.05, 0) is 19.8 Å². The van der Waals surface area contributed by atoms with Gasteiger partial charge in [-0.2, -0.15) is 5.10 Å². The summed E-state index contributed by atoms with van der Waals surface area (Å²) in [6, 6.07) is 1.76. The minimum Gasteiger partial charge on any atom is -0.370 e. The molecule has 0 unspecified atom stereocenters. The van der Waals surface area contributed by atoms with Crippen molar-refractivity contribution in [3.05, 3.63) is 22.4 Å². The third-order valence-corrected chi connectivity index (χ3v) is 2.95. The van der Waals surface area contributed by atoms with Gasteiger partial charge < -0.3 is 5.32 Å². The summed E-state index contributed by atoms with van der Waals surface area (Å²) in [6.45, 7) is 2.62. The minimum absolute atomic E-state index is 0.260. The van der Waals surface area contributed by atoms with Gasteiger partial charge in [0.1, 0.15) is 11.6 Å². The smallest absolute Gasteiger partial charge is 0.349 e. The van der Waals surface area contributed by atoms with Crippen LogP contribution in [0.1, 0.15) is 25.1 Å². The molecule has 7 heteroatoms. The first-order valence-corrected chi connectivity index (χ1v) is 6.50. The highest BCUT2D eigenvalue weighted by Gasteiger charge is 2.06. The molecule has 0 aliphatic heterocycles. The highest BCUT2D eigenvalue weighted by molar-refractivity contribution is 6.17. The molecular formula is C11H16ClN5O. The first-order chi connectivity index (χ1) is 8.72. The van der Waals surface area contributed by atoms with Crippen molar-refractivity contribution in [3.8, 4) is 0 Å². The number of unbranched alkanes of at least 4 members (excludes halogenated alkanes) is 2. The maximum atomic E-state index is 11.4. The van der Waals surface area contributed by atoms with Gasteiger partial charge in [-0.15, -0.1) is 11.6 Å². The Kier molecular flexibility index (Phi) is 4.19. The zero-order valence-electron chi connectivity index (χ0n) is 10.2. The lowest BCUT2D eigenvalue weighted by atomic mass is 10.2. The molecule has 2 heterocycles. The number of hydrogen-bond donors (Lipinski definition) is 2. The summed E-state index contributed by atoms with van der Waals surface area (Å²) < 4.78 is 1.44. The Labute approximate surface area is 109 Å². The Bertz CT molecular complexity index is 576. The maximum Gasteiger partial charge on any atom is 0.349 e. The number of alkyl halides is 1. The van der Waals surface area contributed by atoms with E-state index < -0.39 is 0 Å². The number of H-pyrrole nitrogens is 1. The van der Waals surface area contributed by atoms with Crippen LogP contribution in [0.15, 0.2) is 10.9 Å². The quantitative estimate of drug-likeness (QED) is 0.616. The fourth-order valence-electron chi connectivity index (χ4n) is 1.80. The average Bonchev–Trinajstić information content (AvgIpc) is 2.71. The number of hydrogen-bond acceptors (Lipinski definition) is 4. The zero-order valence-corrected chi connectivity index (χ0v) is 11.0. The molecule has 2 aromatic rings. The lowest BCUT2D eigenvalue weighted by Gasteiger charge is -2.06. The standard InChI is InChI=1S/C11H16ClN5O/c1-8-14-9(13-6-4-2-3-5-12)7-10-15-16-11(18)17(8)10/h7,13H,2-6H2,1H3,(H,16,18). The summed E-state index contributed by atoms with van der Waals surface area (Å²) in [7, 11) is 0. The average molecular weight is 270 g/mol. The SMILES string of the molecule is Cc1nc(NCCCCCCl)cc2n[nH]c(=O)n12. The highest BCUT2D eigenvalue weighted by atomic mass is 35.5. The molecule has 0 aliphatic carbocycles. The summed E-state index contributed by atoms with van der Waals surface area (Å²) in [6.07, 6.45) is 3.18. The van der Waals surface area contributed by atoms with Gasteiger partial charge in [0, 0.05) is 18.5 Å². The molecule has 2 aromatic heterocycles. The summed E-state index contributed by atoms with van der Waals surface area (Å²) in [5.41, 5.74) is 0.319. The third-order valence-electron chi connectivity index (χ3n) is 2.69. The number of halogens is 1. The number of aromatic amines is 1. The molecule has 0 amide bonds. The summed E-state index contributed by atoms with van der Waals surface area (Å²) in [5, 5.41) is 9.55. The molecule has 0 fully saturated rings. The van der Waals surface area contributed by atoms with Gasteiger partial charge >= 0.3 is 5.69 Å². The molecule has 0 spiro atoms. The van der Waals surface area contributed by atoms with Crippen LogP contribution in [0.4, 0.5) is 5.82 Å². The van der Waals surface area contributed by atoms with E-state index in [9.17, 15) is 4.79 Å². The Morgan fingerprint density at radius 3 is 3.06 bits per heavy atom. The van der Waals surface area contributed by atoms with Gasteiger partial charge in [-0.1, -0.05) is 6.42 Å². The molecule has 0 bridgehead atoms. The van der Waals surface area contributed by atoms with Gasteiger partial charge in [0.25, 0.3) is 0 Å². The number of aromatic nitrogens is 4. The van der Waals surface area contributed by atoms with E-state index in [1.807, 2.05) is 0 Å². The Morgan fingerprint density at radius 2 is 2.28 bits per heavy atom. The lowest BCUT2D eigenvalue weighted by Crippen LogP contribution is -2.14. The van der Waals surface area contributed by atoms with E-state index in [1.165, 1.54) is 4.40 Å². The van der Waals surface area contributed by atoms with E-state index in [-0.39, 0.29) is 5.69 Å². The van der Waals surface area contributed by atoms with E-state index >= 15 is 0 Å². The van der Waals surface area contributed by atoms with Crippen LogP contribution in [-0.2, 0) is 0 Å². The molecule has 98 valence electrons. The van der Waals surface area contributed by atoms with Gasteiger partial charge in [0.05, 0.1) is 0 Å². The number of rotatable bonds is 6. The van der Waals surface area contributed by atoms with E-state index in [0.717, 1.165) is 31.6 Å². The molecular weight excluding hydrogens is 254 g/mol. The topological polar surface area (TPSA) is 75.1 Å². The lowest BCUT2D eigenvalue weighted by molar-refractivity contribution is 0.745. The van der Waals surface area contributed by atoms with Crippen molar-refractivity contribution < 1.29 is 0 Å². The fourth-order valence-corrected chi connectivity index (χ4v) is 1.99. The molecule has 0 aliphatic rings. The second-order valence-electron chi connectivity index (χ2n) is 4.09. The number of nitrogens with zero attached hydrogens (tertiary/aromatic N) is 3. The van der Waals surface area contributed by atoms with Crippen molar-refractivity contribution in [3.63, 3.8) is 0 Å². The van der Waals surface area contributed by atoms with Gasteiger partial charge in [0.15, 0.2) is 5.65 Å². The Morgan fingerprint density at radius 1 is 1.44 bits per heavy atom. The number of anilines is 1. The van der Waals surface area contributed by atoms with Gasteiger partial charge in [0.2, 0.25) is 0 Å². The molecule has 6 nitrogen and oxygen atoms in total. The highest BCUT2D eigenvalue weighted by Crippen LogP contribution is 2.08. The van der Waals surface area contributed by atoms with Crippen LogP contribution in [0.25, 0.3) is 5.65 Å². The van der Waals surface area contributed by atoms with Crippen LogP contribution < -0.4 is 11.0 Å². The van der Waals surface area contributed by atoms with Crippen molar-refractivity contribution in [2.45, 2.75) is 26.2 Å². The summed E-state index contributed by atoms with van der Waals surface area (Å²) in [5.74, 6) is 2.07. The normalized spacial score (nSPS) is 11.0. The maximum absolute atomic E-state index is 11.4. The van der Waals surface area contributed by atoms with Crippen LogP contribution in [0, 0.1) is 6.92 Å². The Balaban J connectivity index is 2.03. The van der Waals surface area contributed by atoms with Crippen LogP contribution in [0.2, 0.25) is 0 Å². The molecule has 0 atom stereocenters. The van der Waals surface area contributed by atoms with Crippen molar-refractivity contribution in [1.29, 1.82) is 0 Å². The first kappa shape index (κ1) is 12.9. The third kappa shape index (κ3) is 2.81. The van der Waals surface area contributed by atoms with E-state index in [4.69, 9.17) is 11.6 Å². The van der Waals surface area contributed by atoms with Crippen molar-refractivity contribution >= 4 is 23.1 Å². The number of aryl methyl sites for hydroxylation is 1. The van der Waals surface area contributed by atoms with Crippen molar-refractivity contribution in [1.82, 2.24) is 19.6 Å². The molecule has 0 saturated carbocycles. The van der Waals surface area contributed by atoms with Gasteiger partial charge in [-0.3, -0.25) is 0 Å². The zero-order chi connectivity index (χ0) is 13.0. The van der Waals surface area contributed by atoms with Crippen LogP contribution >= 0.6 is 11.6 Å². The second kappa shape index (κ2) is 5.86. The minimum atomic E-state index is -0.260. The molecule has 0 saturated heterocycles. The molecule has 0 radical (unpaired) electrons. The fraction of sp³-hybridized carbons (Fsp3) is 0.545. The Hall–Kier alpha value is -1.56. The van der Waals surface area contributed by atoms with Crippen LogP contribution in [0.3, 0.4) is 0 Å². The predicted octanol–water partition coefficient (Wildman–Crippen LogP) is 1.55. The second-order valence-corrected chi connectivity index (χ2v) is 4.47. The van der Waals surface area contributed by atoms with Crippen molar-refractivity contribution in [2.75, 3.05) is 17.7 Å². The van der Waals surface area contributed by atoms with E-state index in [1.54, 1.807) is 13.0 Å². The van der Waals surface area contributed by atoms with E-state index in [2.05, 4.69) is 20.5 Å². The molecule has 2 rings (SSSR count). The van der Waals surface area contributed by atoms with Crippen molar-refractivity contribution in [2.24, 2.45) is 0 Å². The van der Waals surface area contributed by atoms with Crippen LogP contribution in [-0.4, -0.2) is 32.0 Å². The van der Waals surface area contributed by atoms with Crippen LogP contribution in [0.5, 0.6) is 0 Å². The summed E-state index contributed by atoms with van der Waals surface area (Å²) in [4.78, 5) is 15.7. The molecule has 0 aromatic carbocycles. The monoisotopic (exact) mass is 269 g/mol. The predicted molar refractivity (Wildman–Crippen MR) is 71.4 cm³/mol. The molecule has 2 N–H and O–H groups in total.